The van der Waals surface area contributed by atoms with Gasteiger partial charge in [0, 0.05) is 12.2 Å². The van der Waals surface area contributed by atoms with Gasteiger partial charge in [-0.25, -0.2) is 9.78 Å². The third-order valence-corrected chi connectivity index (χ3v) is 5.74. The first kappa shape index (κ1) is 23.5. The predicted molar refractivity (Wildman–Crippen MR) is 126 cm³/mol. The molecule has 0 saturated carbocycles. The summed E-state index contributed by atoms with van der Waals surface area (Å²) >= 11 is 1.14. The van der Waals surface area contributed by atoms with Gasteiger partial charge in [-0.3, -0.25) is 9.59 Å². The molecule has 0 atom stereocenters. The van der Waals surface area contributed by atoms with Crippen molar-refractivity contribution in [2.45, 2.75) is 19.0 Å². The van der Waals surface area contributed by atoms with Gasteiger partial charge in [-0.2, -0.15) is 0 Å². The van der Waals surface area contributed by atoms with Gasteiger partial charge >= 0.3 is 5.97 Å². The molecule has 0 aliphatic rings. The molecule has 1 aromatic heterocycles. The summed E-state index contributed by atoms with van der Waals surface area (Å²) in [5.41, 5.74) is 1.34. The molecule has 0 saturated heterocycles. The van der Waals surface area contributed by atoms with Crippen molar-refractivity contribution in [3.8, 4) is 0 Å². The number of aromatic amines is 1. The molecule has 8 nitrogen and oxygen atoms in total. The minimum absolute atomic E-state index is 0.0798. The first-order valence-electron chi connectivity index (χ1n) is 10.4. The average Bonchev–Trinajstić information content (AvgIpc) is 2.81. The van der Waals surface area contributed by atoms with Crippen LogP contribution in [0.25, 0.3) is 10.9 Å². The van der Waals surface area contributed by atoms with Crippen molar-refractivity contribution in [1.82, 2.24) is 14.9 Å². The number of hydrogen-bond acceptors (Lipinski definition) is 7. The van der Waals surface area contributed by atoms with E-state index in [0.717, 1.165) is 24.9 Å². The number of benzene rings is 2. The summed E-state index contributed by atoms with van der Waals surface area (Å²) in [6.45, 7) is 6.98. The van der Waals surface area contributed by atoms with Crippen LogP contribution >= 0.6 is 11.8 Å². The molecule has 0 spiro atoms. The summed E-state index contributed by atoms with van der Waals surface area (Å²) in [4.78, 5) is 45.7. The molecule has 1 heterocycles. The van der Waals surface area contributed by atoms with E-state index in [2.05, 4.69) is 34.0 Å². The normalized spacial score (nSPS) is 11.0. The van der Waals surface area contributed by atoms with Gasteiger partial charge in [-0.1, -0.05) is 37.7 Å². The molecule has 0 fully saturated rings. The summed E-state index contributed by atoms with van der Waals surface area (Å²) in [6.07, 6.45) is 0. The van der Waals surface area contributed by atoms with Gasteiger partial charge in [0.15, 0.2) is 5.16 Å². The molecule has 32 heavy (non-hydrogen) atoms. The third-order valence-electron chi connectivity index (χ3n) is 4.87. The number of ether oxygens (including phenoxy) is 1. The Hall–Kier alpha value is -3.17. The maximum atomic E-state index is 12.3. The summed E-state index contributed by atoms with van der Waals surface area (Å²) in [5.74, 6) is -0.562. The van der Waals surface area contributed by atoms with Crippen LogP contribution in [0.3, 0.4) is 0 Å². The minimum Gasteiger partial charge on any atom is -0.461 e. The number of para-hydroxylation sites is 1. The molecule has 0 bridgehead atoms. The van der Waals surface area contributed by atoms with Gasteiger partial charge in [0.1, 0.15) is 6.61 Å². The van der Waals surface area contributed by atoms with Crippen LogP contribution in [-0.2, 0) is 9.53 Å². The lowest BCUT2D eigenvalue weighted by atomic mass is 10.2. The Balaban J connectivity index is 1.49. The maximum Gasteiger partial charge on any atom is 0.338 e. The van der Waals surface area contributed by atoms with Gasteiger partial charge < -0.3 is 19.9 Å². The van der Waals surface area contributed by atoms with E-state index in [-0.39, 0.29) is 17.2 Å². The van der Waals surface area contributed by atoms with Crippen LogP contribution in [0.15, 0.2) is 58.5 Å². The van der Waals surface area contributed by atoms with E-state index in [1.165, 1.54) is 0 Å². The van der Waals surface area contributed by atoms with Crippen molar-refractivity contribution in [2.75, 3.05) is 37.3 Å². The number of carbonyl (C=O) groups excluding carboxylic acids is 2. The predicted octanol–water partition coefficient (Wildman–Crippen LogP) is 3.15. The highest BCUT2D eigenvalue weighted by Crippen LogP contribution is 2.16. The standard InChI is InChI=1S/C23H26N4O4S/c1-3-27(4-2)13-14-31-22(30)16-9-11-17(12-10-16)24-20(28)15-32-23-25-19-8-6-5-7-18(19)21(29)26-23/h5-12H,3-4,13-15H2,1-2H3,(H,24,28)(H,25,26,29). The number of carbonyl (C=O) groups is 2. The maximum absolute atomic E-state index is 12.3. The van der Waals surface area contributed by atoms with Crippen LogP contribution in [0.5, 0.6) is 0 Å². The molecule has 0 aliphatic carbocycles. The second-order valence-corrected chi connectivity index (χ2v) is 7.93. The monoisotopic (exact) mass is 454 g/mol. The number of fused-ring (bicyclic) bond motifs is 1. The number of esters is 1. The Bertz CT molecular complexity index is 1130. The van der Waals surface area contributed by atoms with Crippen molar-refractivity contribution in [1.29, 1.82) is 0 Å². The van der Waals surface area contributed by atoms with Gasteiger partial charge in [-0.15, -0.1) is 0 Å². The molecule has 3 rings (SSSR count). The van der Waals surface area contributed by atoms with E-state index in [0.29, 0.717) is 40.5 Å². The molecule has 1 amide bonds. The van der Waals surface area contributed by atoms with E-state index in [9.17, 15) is 14.4 Å². The van der Waals surface area contributed by atoms with E-state index in [4.69, 9.17) is 4.74 Å². The van der Waals surface area contributed by atoms with Crippen molar-refractivity contribution in [3.63, 3.8) is 0 Å². The zero-order valence-electron chi connectivity index (χ0n) is 18.1. The van der Waals surface area contributed by atoms with E-state index < -0.39 is 5.97 Å². The molecule has 0 radical (unpaired) electrons. The van der Waals surface area contributed by atoms with Crippen molar-refractivity contribution in [3.05, 3.63) is 64.4 Å². The second-order valence-electron chi connectivity index (χ2n) is 6.97. The van der Waals surface area contributed by atoms with E-state index in [1.54, 1.807) is 48.5 Å². The second kappa shape index (κ2) is 11.4. The number of H-pyrrole nitrogens is 1. The third kappa shape index (κ3) is 6.41. The Morgan fingerprint density at radius 2 is 1.81 bits per heavy atom. The molecule has 2 aromatic carbocycles. The fourth-order valence-electron chi connectivity index (χ4n) is 3.04. The van der Waals surface area contributed by atoms with Crippen molar-refractivity contribution >= 4 is 40.2 Å². The molecule has 2 N–H and O–H groups in total. The number of nitrogens with zero attached hydrogens (tertiary/aromatic N) is 2. The highest BCUT2D eigenvalue weighted by Gasteiger charge is 2.10. The number of likely N-dealkylation sites (N-methyl/N-ethyl adjacent to an activating group) is 1. The number of anilines is 1. The van der Waals surface area contributed by atoms with Gasteiger partial charge in [0.2, 0.25) is 5.91 Å². The SMILES string of the molecule is CCN(CC)CCOC(=O)c1ccc(NC(=O)CSc2nc3ccccc3c(=O)[nH]2)cc1. The first-order chi connectivity index (χ1) is 15.5. The lowest BCUT2D eigenvalue weighted by molar-refractivity contribution is -0.113. The molecular formula is C23H26N4O4S. The fourth-order valence-corrected chi connectivity index (χ4v) is 3.71. The number of rotatable bonds is 10. The van der Waals surface area contributed by atoms with Crippen molar-refractivity contribution < 1.29 is 14.3 Å². The topological polar surface area (TPSA) is 104 Å². The van der Waals surface area contributed by atoms with Crippen LogP contribution in [0.1, 0.15) is 24.2 Å². The Morgan fingerprint density at radius 3 is 2.53 bits per heavy atom. The highest BCUT2D eigenvalue weighted by atomic mass is 32.2. The van der Waals surface area contributed by atoms with Crippen LogP contribution in [-0.4, -0.2) is 58.7 Å². The number of hydrogen-bond donors (Lipinski definition) is 2. The quantitative estimate of drug-likeness (QED) is 0.275. The number of nitrogens with one attached hydrogen (secondary N) is 2. The number of amides is 1. The van der Waals surface area contributed by atoms with Crippen molar-refractivity contribution in [2.24, 2.45) is 0 Å². The molecule has 0 aliphatic heterocycles. The smallest absolute Gasteiger partial charge is 0.338 e. The van der Waals surface area contributed by atoms with Crippen LogP contribution in [0.2, 0.25) is 0 Å². The Labute approximate surface area is 190 Å². The Morgan fingerprint density at radius 1 is 1.09 bits per heavy atom. The largest absolute Gasteiger partial charge is 0.461 e. The van der Waals surface area contributed by atoms with Crippen LogP contribution < -0.4 is 10.9 Å². The lowest BCUT2D eigenvalue weighted by Crippen LogP contribution is -2.27. The zero-order valence-corrected chi connectivity index (χ0v) is 18.9. The zero-order chi connectivity index (χ0) is 22.9. The molecule has 9 heteroatoms. The van der Waals surface area contributed by atoms with Gasteiger partial charge in [0.25, 0.3) is 5.56 Å². The van der Waals surface area contributed by atoms with Crippen LogP contribution in [0, 0.1) is 0 Å². The molecule has 0 unspecified atom stereocenters. The Kier molecular flexibility index (Phi) is 8.41. The summed E-state index contributed by atoms with van der Waals surface area (Å²) < 4.78 is 5.30. The first-order valence-corrected chi connectivity index (χ1v) is 11.4. The minimum atomic E-state index is -0.392. The summed E-state index contributed by atoms with van der Waals surface area (Å²) in [7, 11) is 0. The average molecular weight is 455 g/mol. The lowest BCUT2D eigenvalue weighted by Gasteiger charge is -2.17. The van der Waals surface area contributed by atoms with Crippen LogP contribution in [0.4, 0.5) is 5.69 Å². The summed E-state index contributed by atoms with van der Waals surface area (Å²) in [6, 6.07) is 13.6. The van der Waals surface area contributed by atoms with Gasteiger partial charge in [-0.05, 0) is 49.5 Å². The highest BCUT2D eigenvalue weighted by molar-refractivity contribution is 7.99. The van der Waals surface area contributed by atoms with E-state index >= 15 is 0 Å². The van der Waals surface area contributed by atoms with Gasteiger partial charge in [0.05, 0.1) is 22.2 Å². The number of aromatic nitrogens is 2. The number of thioether (sulfide) groups is 1. The fraction of sp³-hybridized carbons (Fsp3) is 0.304. The molecular weight excluding hydrogens is 428 g/mol. The van der Waals surface area contributed by atoms with E-state index in [1.807, 2.05) is 0 Å². The summed E-state index contributed by atoms with van der Waals surface area (Å²) in [5, 5.41) is 3.65. The molecule has 3 aromatic rings. The molecule has 168 valence electrons.